The first-order valence-corrected chi connectivity index (χ1v) is 9.73. The highest BCUT2D eigenvalue weighted by atomic mass is 32.2. The number of pyridine rings is 1. The summed E-state index contributed by atoms with van der Waals surface area (Å²) in [6.45, 7) is 3.23. The van der Waals surface area contributed by atoms with Crippen molar-refractivity contribution in [1.82, 2.24) is 14.4 Å². The molecule has 6 nitrogen and oxygen atoms in total. The minimum Gasteiger partial charge on any atom is -0.336 e. The van der Waals surface area contributed by atoms with Gasteiger partial charge in [0.1, 0.15) is 4.90 Å². The van der Waals surface area contributed by atoms with Gasteiger partial charge in [-0.05, 0) is 37.2 Å². The van der Waals surface area contributed by atoms with Crippen LogP contribution in [-0.2, 0) is 16.4 Å². The topological polar surface area (TPSA) is 76.3 Å². The van der Waals surface area contributed by atoms with E-state index < -0.39 is 10.0 Å². The molecular formula is C16H21N3O3S. The van der Waals surface area contributed by atoms with E-state index in [0.717, 1.165) is 25.0 Å². The van der Waals surface area contributed by atoms with Crippen LogP contribution in [0.5, 0.6) is 0 Å². The molecule has 1 spiro atoms. The maximum absolute atomic E-state index is 13.0. The van der Waals surface area contributed by atoms with Crippen LogP contribution >= 0.6 is 0 Å². The summed E-state index contributed by atoms with van der Waals surface area (Å²) in [6, 6.07) is 1.66. The molecular weight excluding hydrogens is 314 g/mol. The molecule has 2 fully saturated rings. The second kappa shape index (κ2) is 5.27. The zero-order valence-electron chi connectivity index (χ0n) is 13.3. The second-order valence-electron chi connectivity index (χ2n) is 6.80. The Bertz CT molecular complexity index is 837. The molecule has 0 atom stereocenters. The normalized spacial score (nSPS) is 21.6. The summed E-state index contributed by atoms with van der Waals surface area (Å²) in [7, 11) is -3.50. The van der Waals surface area contributed by atoms with Gasteiger partial charge < -0.3 is 4.52 Å². The largest absolute Gasteiger partial charge is 0.336 e. The molecule has 0 N–H and O–H groups in total. The molecule has 124 valence electrons. The Hall–Kier alpha value is -1.47. The van der Waals surface area contributed by atoms with Gasteiger partial charge in [0.05, 0.1) is 17.3 Å². The summed E-state index contributed by atoms with van der Waals surface area (Å²) in [4.78, 5) is 4.39. The lowest BCUT2D eigenvalue weighted by atomic mass is 9.86. The fourth-order valence-corrected chi connectivity index (χ4v) is 5.56. The van der Waals surface area contributed by atoms with Crippen molar-refractivity contribution in [3.63, 3.8) is 0 Å². The third kappa shape index (κ3) is 2.37. The summed E-state index contributed by atoms with van der Waals surface area (Å²) in [6.07, 6.45) is 7.82. The van der Waals surface area contributed by atoms with Crippen LogP contribution in [0.3, 0.4) is 0 Å². The summed E-state index contributed by atoms with van der Waals surface area (Å²) in [5.41, 5.74) is 1.36. The molecule has 0 aromatic carbocycles. The van der Waals surface area contributed by atoms with Gasteiger partial charge in [0.25, 0.3) is 5.71 Å². The van der Waals surface area contributed by atoms with Crippen molar-refractivity contribution in [3.8, 4) is 0 Å². The van der Waals surface area contributed by atoms with Crippen LogP contribution in [0.15, 0.2) is 21.7 Å². The highest BCUT2D eigenvalue weighted by molar-refractivity contribution is 7.89. The Morgan fingerprint density at radius 3 is 2.83 bits per heavy atom. The smallest absolute Gasteiger partial charge is 0.258 e. The number of rotatable bonds is 3. The number of aromatic nitrogens is 2. The van der Waals surface area contributed by atoms with E-state index in [0.29, 0.717) is 30.6 Å². The predicted molar refractivity (Wildman–Crippen MR) is 85.5 cm³/mol. The lowest BCUT2D eigenvalue weighted by Gasteiger charge is -2.23. The highest BCUT2D eigenvalue weighted by Gasteiger charge is 2.44. The molecule has 1 saturated carbocycles. The van der Waals surface area contributed by atoms with Crippen molar-refractivity contribution in [2.24, 2.45) is 5.41 Å². The molecule has 7 heteroatoms. The number of hydrogen-bond acceptors (Lipinski definition) is 5. The Morgan fingerprint density at radius 2 is 2.09 bits per heavy atom. The fourth-order valence-electron chi connectivity index (χ4n) is 4.04. The van der Waals surface area contributed by atoms with Crippen LogP contribution in [0.4, 0.5) is 0 Å². The van der Waals surface area contributed by atoms with Gasteiger partial charge in [-0.1, -0.05) is 24.9 Å². The molecule has 2 aromatic heterocycles. The minimum atomic E-state index is -3.50. The molecule has 1 aliphatic heterocycles. The van der Waals surface area contributed by atoms with Crippen LogP contribution in [-0.4, -0.2) is 36.0 Å². The van der Waals surface area contributed by atoms with E-state index in [-0.39, 0.29) is 10.3 Å². The van der Waals surface area contributed by atoms with Gasteiger partial charge in [-0.3, -0.25) is 0 Å². The van der Waals surface area contributed by atoms with Crippen LogP contribution in [0.1, 0.15) is 44.7 Å². The first kappa shape index (κ1) is 15.1. The average molecular weight is 335 g/mol. The Labute approximate surface area is 135 Å². The second-order valence-corrected chi connectivity index (χ2v) is 8.74. The molecule has 2 aromatic rings. The van der Waals surface area contributed by atoms with Gasteiger partial charge in [-0.2, -0.15) is 4.31 Å². The average Bonchev–Trinajstić information content (AvgIpc) is 3.28. The van der Waals surface area contributed by atoms with Gasteiger partial charge in [0, 0.05) is 13.1 Å². The Kier molecular flexibility index (Phi) is 3.46. The molecule has 0 unspecified atom stereocenters. The predicted octanol–water partition coefficient (Wildman–Crippen LogP) is 2.74. The zero-order chi connectivity index (χ0) is 16.1. The first-order chi connectivity index (χ1) is 11.0. The van der Waals surface area contributed by atoms with Gasteiger partial charge in [0.15, 0.2) is 0 Å². The van der Waals surface area contributed by atoms with Crippen molar-refractivity contribution in [1.29, 1.82) is 0 Å². The summed E-state index contributed by atoms with van der Waals surface area (Å²) < 4.78 is 32.7. The third-order valence-electron chi connectivity index (χ3n) is 5.42. The van der Waals surface area contributed by atoms with Crippen LogP contribution in [0.25, 0.3) is 11.1 Å². The quantitative estimate of drug-likeness (QED) is 0.862. The monoisotopic (exact) mass is 335 g/mol. The maximum Gasteiger partial charge on any atom is 0.258 e. The molecule has 3 heterocycles. The molecule has 0 bridgehead atoms. The first-order valence-electron chi connectivity index (χ1n) is 8.29. The zero-order valence-corrected chi connectivity index (χ0v) is 14.1. The number of fused-ring (bicyclic) bond motifs is 1. The van der Waals surface area contributed by atoms with Crippen molar-refractivity contribution in [2.75, 3.05) is 13.1 Å². The van der Waals surface area contributed by atoms with E-state index in [4.69, 9.17) is 4.52 Å². The van der Waals surface area contributed by atoms with E-state index in [2.05, 4.69) is 10.1 Å². The molecule has 1 aliphatic carbocycles. The maximum atomic E-state index is 13.0. The van der Waals surface area contributed by atoms with E-state index in [1.165, 1.54) is 19.0 Å². The van der Waals surface area contributed by atoms with Crippen molar-refractivity contribution >= 4 is 21.1 Å². The molecule has 2 aliphatic rings. The molecule has 0 amide bonds. The fraction of sp³-hybridized carbons (Fsp3) is 0.625. The highest BCUT2D eigenvalue weighted by Crippen LogP contribution is 2.46. The van der Waals surface area contributed by atoms with Gasteiger partial charge in [-0.15, -0.1) is 0 Å². The van der Waals surface area contributed by atoms with Crippen LogP contribution in [0, 0.1) is 5.41 Å². The minimum absolute atomic E-state index is 0.219. The number of nitrogens with zero attached hydrogens (tertiary/aromatic N) is 3. The Morgan fingerprint density at radius 1 is 1.30 bits per heavy atom. The van der Waals surface area contributed by atoms with Gasteiger partial charge in [0.2, 0.25) is 10.0 Å². The van der Waals surface area contributed by atoms with E-state index in [1.807, 2.05) is 6.92 Å². The van der Waals surface area contributed by atoms with Crippen LogP contribution < -0.4 is 0 Å². The van der Waals surface area contributed by atoms with E-state index >= 15 is 0 Å². The molecule has 1 saturated heterocycles. The van der Waals surface area contributed by atoms with Crippen LogP contribution in [0.2, 0.25) is 0 Å². The lowest BCUT2D eigenvalue weighted by molar-refractivity contribution is 0.313. The summed E-state index contributed by atoms with van der Waals surface area (Å²) >= 11 is 0. The number of hydrogen-bond donors (Lipinski definition) is 0. The SMILES string of the molecule is CCc1noc2ncc(S(=O)(=O)N3CCC4(CCCC4)C3)cc12. The summed E-state index contributed by atoms with van der Waals surface area (Å²) in [5.74, 6) is 0. The molecule has 23 heavy (non-hydrogen) atoms. The van der Waals surface area contributed by atoms with Gasteiger partial charge in [-0.25, -0.2) is 13.4 Å². The summed E-state index contributed by atoms with van der Waals surface area (Å²) in [5, 5.41) is 4.64. The number of aryl methyl sites for hydroxylation is 1. The molecule has 0 radical (unpaired) electrons. The van der Waals surface area contributed by atoms with E-state index in [9.17, 15) is 8.42 Å². The molecule has 4 rings (SSSR count). The van der Waals surface area contributed by atoms with Crippen molar-refractivity contribution in [3.05, 3.63) is 18.0 Å². The Balaban J connectivity index is 1.68. The van der Waals surface area contributed by atoms with Crippen molar-refractivity contribution < 1.29 is 12.9 Å². The van der Waals surface area contributed by atoms with Crippen molar-refractivity contribution in [2.45, 2.75) is 50.3 Å². The van der Waals surface area contributed by atoms with E-state index in [1.54, 1.807) is 10.4 Å². The standard InChI is InChI=1S/C16H21N3O3S/c1-2-14-13-9-12(10-17-15(13)22-18-14)23(20,21)19-8-7-16(11-19)5-3-4-6-16/h9-10H,2-8,11H2,1H3. The number of sulfonamides is 1. The lowest BCUT2D eigenvalue weighted by Crippen LogP contribution is -2.31. The van der Waals surface area contributed by atoms with Gasteiger partial charge >= 0.3 is 0 Å². The third-order valence-corrected chi connectivity index (χ3v) is 7.23.